The van der Waals surface area contributed by atoms with Gasteiger partial charge in [-0.3, -0.25) is 19.7 Å². The Kier molecular flexibility index (Phi) is 5.62. The number of carboxylic acids is 1. The average Bonchev–Trinajstić information content (AvgIpc) is 2.59. The molecular weight excluding hydrogens is 330 g/mol. The number of amides is 1. The summed E-state index contributed by atoms with van der Waals surface area (Å²) in [5, 5.41) is 22.4. The largest absolute Gasteiger partial charge is 0.479 e. The fourth-order valence-corrected chi connectivity index (χ4v) is 2.19. The number of aryl methyl sites for hydroxylation is 1. The van der Waals surface area contributed by atoms with Crippen molar-refractivity contribution in [3.63, 3.8) is 0 Å². The van der Waals surface area contributed by atoms with Gasteiger partial charge in [0.1, 0.15) is 0 Å². The lowest BCUT2D eigenvalue weighted by molar-refractivity contribution is -0.385. The van der Waals surface area contributed by atoms with Crippen molar-refractivity contribution in [2.45, 2.75) is 19.0 Å². The molecule has 2 N–H and O–H groups in total. The van der Waals surface area contributed by atoms with Crippen molar-refractivity contribution in [1.29, 1.82) is 0 Å². The Morgan fingerprint density at radius 3 is 2.48 bits per heavy atom. The second kappa shape index (κ2) is 7.86. The molecule has 1 amide bonds. The highest BCUT2D eigenvalue weighted by Gasteiger charge is 2.21. The maximum Gasteiger partial charge on any atom is 0.330 e. The van der Waals surface area contributed by atoms with Crippen LogP contribution < -0.4 is 10.9 Å². The number of carbonyl (C=O) groups is 2. The maximum atomic E-state index is 12.0. The Morgan fingerprint density at radius 1 is 1.20 bits per heavy atom. The number of pyridine rings is 1. The summed E-state index contributed by atoms with van der Waals surface area (Å²) >= 11 is 0. The Morgan fingerprint density at radius 2 is 1.88 bits per heavy atom. The molecule has 25 heavy (non-hydrogen) atoms. The van der Waals surface area contributed by atoms with Crippen molar-refractivity contribution in [2.24, 2.45) is 0 Å². The lowest BCUT2D eigenvalue weighted by atomic mass is 10.1. The zero-order valence-corrected chi connectivity index (χ0v) is 13.0. The number of nitrogens with one attached hydrogen (secondary N) is 1. The molecule has 1 aromatic heterocycles. The van der Waals surface area contributed by atoms with Gasteiger partial charge < -0.3 is 15.0 Å². The first-order valence-electron chi connectivity index (χ1n) is 7.30. The van der Waals surface area contributed by atoms with E-state index in [9.17, 15) is 29.6 Å². The van der Waals surface area contributed by atoms with Gasteiger partial charge in [-0.05, 0) is 5.56 Å². The number of carboxylic acid groups (broad SMARTS) is 1. The topological polar surface area (TPSA) is 132 Å². The molecule has 0 saturated carbocycles. The number of benzene rings is 1. The quantitative estimate of drug-likeness (QED) is 0.570. The zero-order valence-electron chi connectivity index (χ0n) is 13.0. The molecular formula is C16H15N3O6. The van der Waals surface area contributed by atoms with Crippen LogP contribution in [0.2, 0.25) is 0 Å². The van der Waals surface area contributed by atoms with Crippen LogP contribution >= 0.6 is 0 Å². The van der Waals surface area contributed by atoms with Crippen molar-refractivity contribution in [2.75, 3.05) is 0 Å². The molecule has 1 heterocycles. The molecule has 130 valence electrons. The second-order valence-electron chi connectivity index (χ2n) is 5.18. The summed E-state index contributed by atoms with van der Waals surface area (Å²) in [5.41, 5.74) is -0.347. The molecule has 2 aromatic rings. The third kappa shape index (κ3) is 4.74. The first kappa shape index (κ1) is 17.9. The van der Waals surface area contributed by atoms with Gasteiger partial charge in [0.25, 0.3) is 11.2 Å². The van der Waals surface area contributed by atoms with Gasteiger partial charge >= 0.3 is 5.97 Å². The van der Waals surface area contributed by atoms with Gasteiger partial charge in [0, 0.05) is 25.1 Å². The molecule has 1 aromatic carbocycles. The van der Waals surface area contributed by atoms with Crippen LogP contribution in [0, 0.1) is 10.1 Å². The fourth-order valence-electron chi connectivity index (χ4n) is 2.19. The maximum absolute atomic E-state index is 12.0. The number of nitro groups is 1. The standard InChI is InChI=1S/C16H15N3O6/c20-13(17-15(16(22)23)11-4-2-1-3-5-11)8-9-18-10-12(19(24)25)6-7-14(18)21/h1-7,10,15H,8-9H2,(H,17,20)(H,22,23). The molecule has 0 saturated heterocycles. The Labute approximate surface area is 141 Å². The number of aromatic nitrogens is 1. The van der Waals surface area contributed by atoms with E-state index in [1.54, 1.807) is 30.3 Å². The summed E-state index contributed by atoms with van der Waals surface area (Å²) in [6.45, 7) is -0.104. The van der Waals surface area contributed by atoms with Gasteiger partial charge in [-0.25, -0.2) is 4.79 Å². The Hall–Kier alpha value is -3.49. The summed E-state index contributed by atoms with van der Waals surface area (Å²) in [4.78, 5) is 45.1. The third-order valence-corrected chi connectivity index (χ3v) is 3.44. The van der Waals surface area contributed by atoms with E-state index in [2.05, 4.69) is 5.32 Å². The SMILES string of the molecule is O=C(CCn1cc([N+](=O)[O-])ccc1=O)NC(C(=O)O)c1ccccc1. The first-order valence-corrected chi connectivity index (χ1v) is 7.30. The van der Waals surface area contributed by atoms with Crippen molar-refractivity contribution < 1.29 is 19.6 Å². The predicted octanol–water partition coefficient (Wildman–Crippen LogP) is 1.09. The van der Waals surface area contributed by atoms with E-state index in [0.717, 1.165) is 22.9 Å². The lowest BCUT2D eigenvalue weighted by Crippen LogP contribution is -2.34. The van der Waals surface area contributed by atoms with E-state index in [1.165, 1.54) is 0 Å². The smallest absolute Gasteiger partial charge is 0.330 e. The summed E-state index contributed by atoms with van der Waals surface area (Å²) in [5.74, 6) is -1.80. The fraction of sp³-hybridized carbons (Fsp3) is 0.188. The van der Waals surface area contributed by atoms with Crippen LogP contribution in [0.25, 0.3) is 0 Å². The van der Waals surface area contributed by atoms with Crippen molar-refractivity contribution >= 4 is 17.6 Å². The van der Waals surface area contributed by atoms with Gasteiger partial charge in [0.2, 0.25) is 5.91 Å². The van der Waals surface area contributed by atoms with Crippen molar-refractivity contribution in [3.8, 4) is 0 Å². The Balaban J connectivity index is 2.05. The Bertz CT molecular complexity index is 846. The lowest BCUT2D eigenvalue weighted by Gasteiger charge is -2.15. The molecule has 0 spiro atoms. The first-order chi connectivity index (χ1) is 11.9. The normalized spacial score (nSPS) is 11.5. The molecule has 9 heteroatoms. The summed E-state index contributed by atoms with van der Waals surface area (Å²) in [7, 11) is 0. The van der Waals surface area contributed by atoms with Crippen molar-refractivity contribution in [3.05, 3.63) is 74.7 Å². The zero-order chi connectivity index (χ0) is 18.4. The highest BCUT2D eigenvalue weighted by atomic mass is 16.6. The van der Waals surface area contributed by atoms with Gasteiger partial charge in [-0.2, -0.15) is 0 Å². The van der Waals surface area contributed by atoms with Crippen LogP contribution in [0.15, 0.2) is 53.5 Å². The van der Waals surface area contributed by atoms with Gasteiger partial charge in [0.05, 0.1) is 11.1 Å². The number of aliphatic carboxylic acids is 1. The highest BCUT2D eigenvalue weighted by molar-refractivity contribution is 5.84. The molecule has 1 atom stereocenters. The number of rotatable bonds is 7. The van der Waals surface area contributed by atoms with E-state index in [1.807, 2.05) is 0 Å². The van der Waals surface area contributed by atoms with Gasteiger partial charge in [0.15, 0.2) is 6.04 Å². The monoisotopic (exact) mass is 345 g/mol. The van der Waals surface area contributed by atoms with Gasteiger partial charge in [-0.15, -0.1) is 0 Å². The van der Waals surface area contributed by atoms with Crippen LogP contribution in [-0.4, -0.2) is 26.5 Å². The summed E-state index contributed by atoms with van der Waals surface area (Å²) in [6.07, 6.45) is 0.846. The van der Waals surface area contributed by atoms with Crippen LogP contribution in [-0.2, 0) is 16.1 Å². The molecule has 1 unspecified atom stereocenters. The summed E-state index contributed by atoms with van der Waals surface area (Å²) < 4.78 is 1.04. The molecule has 0 aliphatic rings. The van der Waals surface area contributed by atoms with Crippen LogP contribution in [0.5, 0.6) is 0 Å². The molecule has 2 rings (SSSR count). The minimum absolute atomic E-state index is 0.104. The molecule has 9 nitrogen and oxygen atoms in total. The third-order valence-electron chi connectivity index (χ3n) is 3.44. The molecule has 0 aliphatic carbocycles. The average molecular weight is 345 g/mol. The van der Waals surface area contributed by atoms with Crippen LogP contribution in [0.4, 0.5) is 5.69 Å². The van der Waals surface area contributed by atoms with E-state index in [-0.39, 0.29) is 18.7 Å². The van der Waals surface area contributed by atoms with E-state index in [4.69, 9.17) is 0 Å². The second-order valence-corrected chi connectivity index (χ2v) is 5.18. The van der Waals surface area contributed by atoms with E-state index < -0.39 is 28.4 Å². The van der Waals surface area contributed by atoms with Gasteiger partial charge in [-0.1, -0.05) is 30.3 Å². The van der Waals surface area contributed by atoms with E-state index >= 15 is 0 Å². The molecule has 0 aliphatic heterocycles. The molecule has 0 radical (unpaired) electrons. The van der Waals surface area contributed by atoms with Crippen molar-refractivity contribution in [1.82, 2.24) is 9.88 Å². The van der Waals surface area contributed by atoms with E-state index in [0.29, 0.717) is 5.56 Å². The minimum atomic E-state index is -1.22. The minimum Gasteiger partial charge on any atom is -0.479 e. The summed E-state index contributed by atoms with van der Waals surface area (Å²) in [6, 6.07) is 9.08. The number of carbonyl (C=O) groups excluding carboxylic acids is 1. The number of hydrogen-bond donors (Lipinski definition) is 2. The van der Waals surface area contributed by atoms with Crippen LogP contribution in [0.3, 0.4) is 0 Å². The number of hydrogen-bond acceptors (Lipinski definition) is 5. The molecule has 0 fully saturated rings. The van der Waals surface area contributed by atoms with Crippen LogP contribution in [0.1, 0.15) is 18.0 Å². The number of nitrogens with zero attached hydrogens (tertiary/aromatic N) is 2. The predicted molar refractivity (Wildman–Crippen MR) is 86.9 cm³/mol. The highest BCUT2D eigenvalue weighted by Crippen LogP contribution is 2.13. The molecule has 0 bridgehead atoms.